The zero-order valence-corrected chi connectivity index (χ0v) is 11.3. The van der Waals surface area contributed by atoms with Crippen LogP contribution in [-0.4, -0.2) is 38.9 Å². The van der Waals surface area contributed by atoms with Crippen LogP contribution < -0.4 is 5.73 Å². The van der Waals surface area contributed by atoms with Gasteiger partial charge in [0.15, 0.2) is 0 Å². The lowest BCUT2D eigenvalue weighted by molar-refractivity contribution is -0.122. The number of amides is 1. The number of hydrogen-bond acceptors (Lipinski definition) is 4. The SMILES string of the molecule is C=C/C=C\C(=C)OCCCOCCCOCC(N)=O. The largest absolute Gasteiger partial charge is 0.494 e. The van der Waals surface area contributed by atoms with Gasteiger partial charge in [0, 0.05) is 26.2 Å². The molecule has 0 aromatic heterocycles. The average Bonchev–Trinajstić information content (AvgIpc) is 2.38. The van der Waals surface area contributed by atoms with Crippen LogP contribution in [0.3, 0.4) is 0 Å². The summed E-state index contributed by atoms with van der Waals surface area (Å²) in [5.41, 5.74) is 4.92. The van der Waals surface area contributed by atoms with Gasteiger partial charge in [-0.25, -0.2) is 0 Å². The number of allylic oxidation sites excluding steroid dienone is 3. The van der Waals surface area contributed by atoms with Crippen molar-refractivity contribution in [1.82, 2.24) is 0 Å². The van der Waals surface area contributed by atoms with Gasteiger partial charge in [-0.15, -0.1) is 0 Å². The molecule has 0 rings (SSSR count). The Morgan fingerprint density at radius 3 is 2.37 bits per heavy atom. The molecule has 0 unspecified atom stereocenters. The molecule has 0 heterocycles. The van der Waals surface area contributed by atoms with Gasteiger partial charge in [0.1, 0.15) is 12.4 Å². The van der Waals surface area contributed by atoms with Gasteiger partial charge < -0.3 is 19.9 Å². The lowest BCUT2D eigenvalue weighted by Crippen LogP contribution is -2.18. The monoisotopic (exact) mass is 269 g/mol. The number of carbonyl (C=O) groups is 1. The van der Waals surface area contributed by atoms with E-state index in [1.165, 1.54) is 0 Å². The predicted molar refractivity (Wildman–Crippen MR) is 74.5 cm³/mol. The van der Waals surface area contributed by atoms with E-state index in [9.17, 15) is 4.79 Å². The Morgan fingerprint density at radius 1 is 1.11 bits per heavy atom. The third kappa shape index (κ3) is 14.3. The number of hydrogen-bond donors (Lipinski definition) is 1. The van der Waals surface area contributed by atoms with E-state index in [1.807, 2.05) is 0 Å². The van der Waals surface area contributed by atoms with Gasteiger partial charge in [-0.1, -0.05) is 25.3 Å². The fourth-order valence-corrected chi connectivity index (χ4v) is 1.13. The Labute approximate surface area is 114 Å². The molecule has 0 saturated carbocycles. The molecule has 0 spiro atoms. The molecule has 0 atom stereocenters. The first kappa shape index (κ1) is 17.4. The first-order valence-electron chi connectivity index (χ1n) is 6.21. The first-order chi connectivity index (χ1) is 9.16. The van der Waals surface area contributed by atoms with E-state index in [1.54, 1.807) is 18.2 Å². The summed E-state index contributed by atoms with van der Waals surface area (Å²) in [6.07, 6.45) is 6.72. The van der Waals surface area contributed by atoms with Crippen molar-refractivity contribution in [1.29, 1.82) is 0 Å². The molecule has 1 amide bonds. The van der Waals surface area contributed by atoms with Crippen molar-refractivity contribution in [2.24, 2.45) is 5.73 Å². The zero-order chi connectivity index (χ0) is 14.3. The summed E-state index contributed by atoms with van der Waals surface area (Å²) < 4.78 is 15.7. The van der Waals surface area contributed by atoms with Crippen LogP contribution in [-0.2, 0) is 19.0 Å². The number of primary amides is 1. The molecule has 5 nitrogen and oxygen atoms in total. The van der Waals surface area contributed by atoms with Crippen molar-refractivity contribution in [3.8, 4) is 0 Å². The molecule has 108 valence electrons. The third-order valence-corrected chi connectivity index (χ3v) is 1.96. The maximum Gasteiger partial charge on any atom is 0.243 e. The molecular formula is C14H23NO4. The number of carbonyl (C=O) groups excluding carboxylic acids is 1. The fourth-order valence-electron chi connectivity index (χ4n) is 1.13. The number of rotatable bonds is 13. The molecule has 0 bridgehead atoms. The summed E-state index contributed by atoms with van der Waals surface area (Å²) in [7, 11) is 0. The second kappa shape index (κ2) is 12.9. The first-order valence-corrected chi connectivity index (χ1v) is 6.21. The quantitative estimate of drug-likeness (QED) is 0.313. The molecule has 0 aliphatic heterocycles. The highest BCUT2D eigenvalue weighted by Gasteiger charge is 1.95. The fraction of sp³-hybridized carbons (Fsp3) is 0.500. The van der Waals surface area contributed by atoms with Crippen molar-refractivity contribution < 1.29 is 19.0 Å². The van der Waals surface area contributed by atoms with Gasteiger partial charge >= 0.3 is 0 Å². The summed E-state index contributed by atoms with van der Waals surface area (Å²) in [5, 5.41) is 0. The van der Waals surface area contributed by atoms with Crippen molar-refractivity contribution in [3.63, 3.8) is 0 Å². The van der Waals surface area contributed by atoms with E-state index in [2.05, 4.69) is 13.2 Å². The molecule has 0 aliphatic rings. The van der Waals surface area contributed by atoms with E-state index in [0.29, 0.717) is 32.2 Å². The van der Waals surface area contributed by atoms with Crippen LogP contribution in [0.1, 0.15) is 12.8 Å². The topological polar surface area (TPSA) is 70.8 Å². The standard InChI is InChI=1S/C14H23NO4/c1-3-4-7-13(2)19-11-6-9-17-8-5-10-18-12-14(15)16/h3-4,7H,1-2,5-6,8-12H2,(H2,15,16)/b7-4-. The second-order valence-corrected chi connectivity index (χ2v) is 3.75. The Kier molecular flexibility index (Phi) is 11.8. The van der Waals surface area contributed by atoms with Crippen LogP contribution in [0.15, 0.2) is 37.1 Å². The lowest BCUT2D eigenvalue weighted by Gasteiger charge is -2.06. The Balaban J connectivity index is 3.18. The average molecular weight is 269 g/mol. The summed E-state index contributed by atoms with van der Waals surface area (Å²) in [6, 6.07) is 0. The van der Waals surface area contributed by atoms with E-state index in [0.717, 1.165) is 12.8 Å². The molecule has 0 aromatic rings. The van der Waals surface area contributed by atoms with E-state index in [4.69, 9.17) is 19.9 Å². The highest BCUT2D eigenvalue weighted by atomic mass is 16.5. The minimum atomic E-state index is -0.455. The van der Waals surface area contributed by atoms with Crippen LogP contribution in [0, 0.1) is 0 Å². The van der Waals surface area contributed by atoms with E-state index >= 15 is 0 Å². The second-order valence-electron chi connectivity index (χ2n) is 3.75. The third-order valence-electron chi connectivity index (χ3n) is 1.96. The predicted octanol–water partition coefficient (Wildman–Crippen LogP) is 1.56. The summed E-state index contributed by atoms with van der Waals surface area (Å²) in [4.78, 5) is 10.4. The van der Waals surface area contributed by atoms with Crippen LogP contribution >= 0.6 is 0 Å². The van der Waals surface area contributed by atoms with Gasteiger partial charge in [0.05, 0.1) is 6.61 Å². The van der Waals surface area contributed by atoms with Crippen LogP contribution in [0.4, 0.5) is 0 Å². The minimum Gasteiger partial charge on any atom is -0.494 e. The highest BCUT2D eigenvalue weighted by Crippen LogP contribution is 1.97. The van der Waals surface area contributed by atoms with Gasteiger partial charge in [-0.05, 0) is 12.5 Å². The summed E-state index contributed by atoms with van der Waals surface area (Å²) in [6.45, 7) is 9.50. The van der Waals surface area contributed by atoms with E-state index in [-0.39, 0.29) is 6.61 Å². The van der Waals surface area contributed by atoms with Crippen LogP contribution in [0.2, 0.25) is 0 Å². The Morgan fingerprint density at radius 2 is 1.74 bits per heavy atom. The molecule has 5 heteroatoms. The Bertz CT molecular complexity index is 300. The van der Waals surface area contributed by atoms with Crippen molar-refractivity contribution in [2.45, 2.75) is 12.8 Å². The van der Waals surface area contributed by atoms with Crippen molar-refractivity contribution in [2.75, 3.05) is 33.0 Å². The zero-order valence-electron chi connectivity index (χ0n) is 11.3. The molecule has 19 heavy (non-hydrogen) atoms. The van der Waals surface area contributed by atoms with Gasteiger partial charge in [-0.2, -0.15) is 0 Å². The van der Waals surface area contributed by atoms with Gasteiger partial charge in [0.25, 0.3) is 0 Å². The minimum absolute atomic E-state index is 0.0336. The molecule has 2 N–H and O–H groups in total. The van der Waals surface area contributed by atoms with Crippen molar-refractivity contribution >= 4 is 5.91 Å². The van der Waals surface area contributed by atoms with Crippen molar-refractivity contribution in [3.05, 3.63) is 37.1 Å². The smallest absolute Gasteiger partial charge is 0.243 e. The van der Waals surface area contributed by atoms with Crippen LogP contribution in [0.5, 0.6) is 0 Å². The normalized spacial score (nSPS) is 10.5. The van der Waals surface area contributed by atoms with E-state index < -0.39 is 5.91 Å². The molecule has 0 saturated heterocycles. The highest BCUT2D eigenvalue weighted by molar-refractivity contribution is 5.74. The van der Waals surface area contributed by atoms with Crippen LogP contribution in [0.25, 0.3) is 0 Å². The summed E-state index contributed by atoms with van der Waals surface area (Å²) >= 11 is 0. The number of nitrogens with two attached hydrogens (primary N) is 1. The molecule has 0 radical (unpaired) electrons. The lowest BCUT2D eigenvalue weighted by atomic mass is 10.4. The van der Waals surface area contributed by atoms with Gasteiger partial charge in [-0.3, -0.25) is 4.79 Å². The number of ether oxygens (including phenoxy) is 3. The molecule has 0 aromatic carbocycles. The Hall–Kier alpha value is -1.59. The molecule has 0 fully saturated rings. The molecular weight excluding hydrogens is 246 g/mol. The maximum atomic E-state index is 10.4. The molecule has 0 aliphatic carbocycles. The maximum absolute atomic E-state index is 10.4. The summed E-state index contributed by atoms with van der Waals surface area (Å²) in [5.74, 6) is 0.156. The van der Waals surface area contributed by atoms with Gasteiger partial charge in [0.2, 0.25) is 5.91 Å².